The summed E-state index contributed by atoms with van der Waals surface area (Å²) in [6.07, 6.45) is 0. The van der Waals surface area contributed by atoms with Crippen molar-refractivity contribution in [1.29, 1.82) is 0 Å². The molecule has 1 aromatic carbocycles. The van der Waals surface area contributed by atoms with Gasteiger partial charge in [0.15, 0.2) is 5.96 Å². The smallest absolute Gasteiger partial charge is 0.243 e. The zero-order valence-corrected chi connectivity index (χ0v) is 14.8. The fourth-order valence-corrected chi connectivity index (χ4v) is 1.96. The third-order valence-corrected chi connectivity index (χ3v) is 3.21. The first-order valence-corrected chi connectivity index (χ1v) is 7.89. The second kappa shape index (κ2) is 9.71. The zero-order valence-electron chi connectivity index (χ0n) is 14.8. The van der Waals surface area contributed by atoms with E-state index in [-0.39, 0.29) is 12.5 Å². The van der Waals surface area contributed by atoms with Crippen LogP contribution < -0.4 is 10.1 Å². The molecule has 0 heterocycles. The normalized spacial score (nSPS) is 11.1. The molecular formula is C17H28N4O2. The SMILES string of the molecule is CCNC(=NCC(=O)N(C)C)N(C)Cc1ccc(OCC)cc1. The summed E-state index contributed by atoms with van der Waals surface area (Å²) < 4.78 is 5.45. The summed E-state index contributed by atoms with van der Waals surface area (Å²) in [5, 5.41) is 3.21. The molecule has 0 unspecified atom stereocenters. The van der Waals surface area contributed by atoms with E-state index in [4.69, 9.17) is 4.74 Å². The van der Waals surface area contributed by atoms with E-state index in [1.54, 1.807) is 19.0 Å². The van der Waals surface area contributed by atoms with Crippen LogP contribution in [-0.4, -0.2) is 62.5 Å². The molecule has 6 nitrogen and oxygen atoms in total. The van der Waals surface area contributed by atoms with Crippen molar-refractivity contribution in [1.82, 2.24) is 15.1 Å². The highest BCUT2D eigenvalue weighted by molar-refractivity contribution is 5.84. The van der Waals surface area contributed by atoms with Gasteiger partial charge in [-0.05, 0) is 31.5 Å². The van der Waals surface area contributed by atoms with Crippen molar-refractivity contribution in [3.8, 4) is 5.75 Å². The Kier molecular flexibility index (Phi) is 7.94. The Morgan fingerprint density at radius 2 is 1.83 bits per heavy atom. The third-order valence-electron chi connectivity index (χ3n) is 3.21. The number of amides is 1. The lowest BCUT2D eigenvalue weighted by Gasteiger charge is -2.22. The molecule has 0 bridgehead atoms. The maximum absolute atomic E-state index is 11.7. The van der Waals surface area contributed by atoms with Gasteiger partial charge in [-0.15, -0.1) is 0 Å². The van der Waals surface area contributed by atoms with Gasteiger partial charge in [-0.2, -0.15) is 0 Å². The van der Waals surface area contributed by atoms with Gasteiger partial charge in [-0.3, -0.25) is 4.79 Å². The predicted molar refractivity (Wildman–Crippen MR) is 93.8 cm³/mol. The molecule has 0 atom stereocenters. The van der Waals surface area contributed by atoms with Crippen molar-refractivity contribution in [3.05, 3.63) is 29.8 Å². The molecule has 0 aliphatic rings. The Morgan fingerprint density at radius 1 is 1.17 bits per heavy atom. The Morgan fingerprint density at radius 3 is 2.35 bits per heavy atom. The van der Waals surface area contributed by atoms with Crippen molar-refractivity contribution < 1.29 is 9.53 Å². The second-order valence-electron chi connectivity index (χ2n) is 5.39. The first-order chi connectivity index (χ1) is 11.0. The Hall–Kier alpha value is -2.24. The number of aliphatic imine (C=N–C) groups is 1. The van der Waals surface area contributed by atoms with Crippen LogP contribution in [0, 0.1) is 0 Å². The van der Waals surface area contributed by atoms with Crippen molar-refractivity contribution in [2.45, 2.75) is 20.4 Å². The van der Waals surface area contributed by atoms with Gasteiger partial charge in [0.2, 0.25) is 5.91 Å². The highest BCUT2D eigenvalue weighted by atomic mass is 16.5. The van der Waals surface area contributed by atoms with Gasteiger partial charge in [0.25, 0.3) is 0 Å². The highest BCUT2D eigenvalue weighted by Crippen LogP contribution is 2.13. The molecule has 6 heteroatoms. The van der Waals surface area contributed by atoms with E-state index in [0.717, 1.165) is 23.8 Å². The molecular weight excluding hydrogens is 292 g/mol. The molecule has 0 spiro atoms. The summed E-state index contributed by atoms with van der Waals surface area (Å²) in [7, 11) is 5.42. The first-order valence-electron chi connectivity index (χ1n) is 7.89. The first kappa shape index (κ1) is 18.8. The lowest BCUT2D eigenvalue weighted by Crippen LogP contribution is -2.39. The molecule has 0 aliphatic heterocycles. The lowest BCUT2D eigenvalue weighted by atomic mass is 10.2. The van der Waals surface area contributed by atoms with Crippen LogP contribution in [0.1, 0.15) is 19.4 Å². The fourth-order valence-electron chi connectivity index (χ4n) is 1.96. The van der Waals surface area contributed by atoms with E-state index in [9.17, 15) is 4.79 Å². The summed E-state index contributed by atoms with van der Waals surface area (Å²) in [4.78, 5) is 19.6. The summed E-state index contributed by atoms with van der Waals surface area (Å²) >= 11 is 0. The van der Waals surface area contributed by atoms with E-state index < -0.39 is 0 Å². The van der Waals surface area contributed by atoms with E-state index in [1.165, 1.54) is 0 Å². The van der Waals surface area contributed by atoms with Gasteiger partial charge in [-0.1, -0.05) is 12.1 Å². The minimum absolute atomic E-state index is 0.0186. The van der Waals surface area contributed by atoms with E-state index in [2.05, 4.69) is 10.3 Å². The Labute approximate surface area is 139 Å². The van der Waals surface area contributed by atoms with Crippen LogP contribution in [0.4, 0.5) is 0 Å². The van der Waals surface area contributed by atoms with Gasteiger partial charge in [-0.25, -0.2) is 4.99 Å². The molecule has 0 aromatic heterocycles. The van der Waals surface area contributed by atoms with Crippen LogP contribution >= 0.6 is 0 Å². The molecule has 0 fully saturated rings. The molecule has 1 N–H and O–H groups in total. The number of guanidine groups is 1. The maximum atomic E-state index is 11.7. The number of nitrogens with one attached hydrogen (secondary N) is 1. The lowest BCUT2D eigenvalue weighted by molar-refractivity contribution is -0.127. The van der Waals surface area contributed by atoms with Crippen LogP contribution in [0.25, 0.3) is 0 Å². The topological polar surface area (TPSA) is 57.2 Å². The van der Waals surface area contributed by atoms with Crippen molar-refractivity contribution >= 4 is 11.9 Å². The molecule has 0 radical (unpaired) electrons. The average Bonchev–Trinajstić information content (AvgIpc) is 2.53. The van der Waals surface area contributed by atoms with Crippen molar-refractivity contribution in [2.24, 2.45) is 4.99 Å². The van der Waals surface area contributed by atoms with Gasteiger partial charge >= 0.3 is 0 Å². The van der Waals surface area contributed by atoms with E-state index in [1.807, 2.05) is 50.1 Å². The van der Waals surface area contributed by atoms with Crippen LogP contribution in [-0.2, 0) is 11.3 Å². The minimum Gasteiger partial charge on any atom is -0.494 e. The summed E-state index contributed by atoms with van der Waals surface area (Å²) in [6.45, 7) is 6.24. The van der Waals surface area contributed by atoms with Crippen LogP contribution in [0.15, 0.2) is 29.3 Å². The quantitative estimate of drug-likeness (QED) is 0.612. The Balaban J connectivity index is 2.71. The van der Waals surface area contributed by atoms with E-state index in [0.29, 0.717) is 13.2 Å². The number of likely N-dealkylation sites (N-methyl/N-ethyl adjacent to an activating group) is 1. The van der Waals surface area contributed by atoms with Crippen LogP contribution in [0.3, 0.4) is 0 Å². The van der Waals surface area contributed by atoms with Gasteiger partial charge in [0.1, 0.15) is 12.3 Å². The number of hydrogen-bond acceptors (Lipinski definition) is 3. The third kappa shape index (κ3) is 6.59. The standard InChI is InChI=1S/C17H28N4O2/c1-6-18-17(19-12-16(22)20(3)4)21(5)13-14-8-10-15(11-9-14)23-7-2/h8-11H,6-7,12-13H2,1-5H3,(H,18,19). The van der Waals surface area contributed by atoms with Crippen molar-refractivity contribution in [3.63, 3.8) is 0 Å². The summed E-state index contributed by atoms with van der Waals surface area (Å²) in [5.74, 6) is 1.57. The van der Waals surface area contributed by atoms with E-state index >= 15 is 0 Å². The number of carbonyl (C=O) groups is 1. The zero-order chi connectivity index (χ0) is 17.2. The number of rotatable bonds is 7. The number of ether oxygens (including phenoxy) is 1. The number of benzene rings is 1. The monoisotopic (exact) mass is 320 g/mol. The van der Waals surface area contributed by atoms with Crippen LogP contribution in [0.2, 0.25) is 0 Å². The van der Waals surface area contributed by atoms with Gasteiger partial charge < -0.3 is 19.9 Å². The maximum Gasteiger partial charge on any atom is 0.243 e. The van der Waals surface area contributed by atoms with Gasteiger partial charge in [0.05, 0.1) is 6.61 Å². The fraction of sp³-hybridized carbons (Fsp3) is 0.529. The van der Waals surface area contributed by atoms with Crippen molar-refractivity contribution in [2.75, 3.05) is 40.8 Å². The van der Waals surface area contributed by atoms with Crippen LogP contribution in [0.5, 0.6) is 5.75 Å². The van der Waals surface area contributed by atoms with Gasteiger partial charge in [0, 0.05) is 34.2 Å². The largest absolute Gasteiger partial charge is 0.494 e. The number of carbonyl (C=O) groups excluding carboxylic acids is 1. The molecule has 0 saturated carbocycles. The predicted octanol–water partition coefficient (Wildman–Crippen LogP) is 1.57. The number of hydrogen-bond donors (Lipinski definition) is 1. The molecule has 1 rings (SSSR count). The Bertz CT molecular complexity index is 512. The number of nitrogens with zero attached hydrogens (tertiary/aromatic N) is 3. The average molecular weight is 320 g/mol. The molecule has 128 valence electrons. The minimum atomic E-state index is -0.0186. The highest BCUT2D eigenvalue weighted by Gasteiger charge is 2.09. The molecule has 1 amide bonds. The molecule has 1 aromatic rings. The molecule has 23 heavy (non-hydrogen) atoms. The second-order valence-corrected chi connectivity index (χ2v) is 5.39. The molecule has 0 saturated heterocycles. The summed E-state index contributed by atoms with van der Waals surface area (Å²) in [5.41, 5.74) is 1.15. The molecule has 0 aliphatic carbocycles. The summed E-state index contributed by atoms with van der Waals surface area (Å²) in [6, 6.07) is 8.00.